The third-order valence-corrected chi connectivity index (χ3v) is 8.98. The number of ether oxygens (including phenoxy) is 1. The number of hydrogen-bond donors (Lipinski definition) is 0. The number of benzene rings is 3. The zero-order chi connectivity index (χ0) is 27.5. The van der Waals surface area contributed by atoms with Gasteiger partial charge in [0.15, 0.2) is 5.17 Å². The van der Waals surface area contributed by atoms with E-state index in [1.807, 2.05) is 42.2 Å². The molecule has 0 N–H and O–H groups in total. The lowest BCUT2D eigenvalue weighted by Crippen LogP contribution is -2.40. The number of fused-ring (bicyclic) bond motifs is 1. The Bertz CT molecular complexity index is 1570. The number of halogens is 1. The number of thioether (sulfide) groups is 1. The molecule has 2 fully saturated rings. The Morgan fingerprint density at radius 3 is 2.55 bits per heavy atom. The monoisotopic (exact) mass is 613 g/mol. The van der Waals surface area contributed by atoms with Gasteiger partial charge < -0.3 is 9.30 Å². The zero-order valence-corrected chi connectivity index (χ0v) is 25.0. The second kappa shape index (κ2) is 12.1. The third kappa shape index (κ3) is 5.77. The molecule has 1 aliphatic carbocycles. The van der Waals surface area contributed by atoms with Crippen LogP contribution in [0.2, 0.25) is 0 Å². The summed E-state index contributed by atoms with van der Waals surface area (Å²) >= 11 is 5.14. The summed E-state index contributed by atoms with van der Waals surface area (Å²) in [5, 5.41) is 1.88. The van der Waals surface area contributed by atoms with Crippen molar-refractivity contribution in [2.24, 2.45) is 4.99 Å². The Morgan fingerprint density at radius 2 is 1.80 bits per heavy atom. The molecule has 1 amide bonds. The Hall–Kier alpha value is -3.29. The van der Waals surface area contributed by atoms with Crippen molar-refractivity contribution in [3.05, 3.63) is 99.5 Å². The van der Waals surface area contributed by atoms with Crippen molar-refractivity contribution in [2.45, 2.75) is 51.6 Å². The van der Waals surface area contributed by atoms with Gasteiger partial charge in [0.2, 0.25) is 0 Å². The van der Waals surface area contributed by atoms with Crippen LogP contribution in [-0.2, 0) is 11.3 Å². The molecule has 204 valence electrons. The molecule has 0 atom stereocenters. The first-order chi connectivity index (χ1) is 19.6. The fourth-order valence-corrected chi connectivity index (χ4v) is 6.99. The van der Waals surface area contributed by atoms with E-state index >= 15 is 0 Å². The number of amides is 1. The highest BCUT2D eigenvalue weighted by Crippen LogP contribution is 2.40. The van der Waals surface area contributed by atoms with Gasteiger partial charge >= 0.3 is 0 Å². The largest absolute Gasteiger partial charge is 0.494 e. The van der Waals surface area contributed by atoms with Crippen LogP contribution in [0.5, 0.6) is 5.75 Å². The standard InChI is InChI=1S/C33H32BrN3O2S/c1-2-39-28-16-14-26(15-17-28)35-33-37(27-11-7-4-8-12-27)32(38)31(40-33)19-24-22-36(21-23-9-5-3-6-10-23)30-18-13-25(34)20-29(24)30/h3,5-6,9-10,13-20,22,27H,2,4,7-8,11-12,21H2,1H3. The van der Waals surface area contributed by atoms with Crippen LogP contribution in [0.3, 0.4) is 0 Å². The molecule has 0 bridgehead atoms. The van der Waals surface area contributed by atoms with Gasteiger partial charge in [-0.3, -0.25) is 9.69 Å². The molecule has 3 aromatic carbocycles. The Balaban J connectivity index is 1.38. The molecule has 4 aromatic rings. The van der Waals surface area contributed by atoms with E-state index in [4.69, 9.17) is 9.73 Å². The molecule has 1 aliphatic heterocycles. The van der Waals surface area contributed by atoms with Gasteiger partial charge in [0.25, 0.3) is 5.91 Å². The minimum atomic E-state index is 0.0561. The molecular formula is C33H32BrN3O2S. The highest BCUT2D eigenvalue weighted by atomic mass is 79.9. The smallest absolute Gasteiger partial charge is 0.267 e. The normalized spacial score (nSPS) is 18.4. The summed E-state index contributed by atoms with van der Waals surface area (Å²) in [4.78, 5) is 21.6. The molecule has 7 heteroatoms. The van der Waals surface area contributed by atoms with E-state index in [0.29, 0.717) is 11.5 Å². The Labute approximate surface area is 248 Å². The fourth-order valence-electron chi connectivity index (χ4n) is 5.58. The molecule has 1 aromatic heterocycles. The fraction of sp³-hybridized carbons (Fsp3) is 0.273. The van der Waals surface area contributed by atoms with Crippen LogP contribution >= 0.6 is 27.7 Å². The maximum Gasteiger partial charge on any atom is 0.267 e. The number of aliphatic imine (C=N–C) groups is 1. The van der Waals surface area contributed by atoms with Crippen LogP contribution in [0.25, 0.3) is 17.0 Å². The lowest BCUT2D eigenvalue weighted by molar-refractivity contribution is -0.124. The number of carbonyl (C=O) groups is 1. The van der Waals surface area contributed by atoms with Gasteiger partial charge in [-0.1, -0.05) is 65.5 Å². The predicted molar refractivity (Wildman–Crippen MR) is 169 cm³/mol. The van der Waals surface area contributed by atoms with Crippen molar-refractivity contribution in [1.29, 1.82) is 0 Å². The molecule has 0 radical (unpaired) electrons. The number of rotatable bonds is 7. The van der Waals surface area contributed by atoms with E-state index in [2.05, 4.69) is 75.2 Å². The third-order valence-electron chi connectivity index (χ3n) is 7.51. The van der Waals surface area contributed by atoms with Crippen LogP contribution < -0.4 is 4.74 Å². The second-order valence-corrected chi connectivity index (χ2v) is 12.2. The number of hydrogen-bond acceptors (Lipinski definition) is 4. The number of carbonyl (C=O) groups excluding carboxylic acids is 1. The van der Waals surface area contributed by atoms with Crippen LogP contribution in [0.4, 0.5) is 5.69 Å². The van der Waals surface area contributed by atoms with E-state index in [1.54, 1.807) is 0 Å². The number of nitrogens with zero attached hydrogens (tertiary/aromatic N) is 3. The van der Waals surface area contributed by atoms with Crippen molar-refractivity contribution in [1.82, 2.24) is 9.47 Å². The van der Waals surface area contributed by atoms with Gasteiger partial charge in [-0.05, 0) is 85.6 Å². The summed E-state index contributed by atoms with van der Waals surface area (Å²) in [5.41, 5.74) is 4.24. The lowest BCUT2D eigenvalue weighted by atomic mass is 9.94. The molecule has 2 aliphatic rings. The van der Waals surface area contributed by atoms with Gasteiger partial charge in [-0.2, -0.15) is 0 Å². The lowest BCUT2D eigenvalue weighted by Gasteiger charge is -2.30. The SMILES string of the molecule is CCOc1ccc(N=C2SC(=Cc3cn(Cc4ccccc4)c4ccc(Br)cc34)C(=O)N2C2CCCCC2)cc1. The van der Waals surface area contributed by atoms with Crippen LogP contribution in [-0.4, -0.2) is 33.2 Å². The molecule has 1 saturated heterocycles. The topological polar surface area (TPSA) is 46.8 Å². The van der Waals surface area contributed by atoms with Gasteiger partial charge in [-0.25, -0.2) is 4.99 Å². The first-order valence-corrected chi connectivity index (χ1v) is 15.6. The van der Waals surface area contributed by atoms with Crippen LogP contribution in [0, 0.1) is 0 Å². The van der Waals surface area contributed by atoms with E-state index < -0.39 is 0 Å². The van der Waals surface area contributed by atoms with Crippen molar-refractivity contribution < 1.29 is 9.53 Å². The predicted octanol–water partition coefficient (Wildman–Crippen LogP) is 8.79. The van der Waals surface area contributed by atoms with E-state index in [1.165, 1.54) is 23.7 Å². The van der Waals surface area contributed by atoms with E-state index in [0.717, 1.165) is 69.8 Å². The molecule has 2 heterocycles. The maximum atomic E-state index is 14.0. The summed E-state index contributed by atoms with van der Waals surface area (Å²) in [6.45, 7) is 3.37. The van der Waals surface area contributed by atoms with Crippen molar-refractivity contribution >= 4 is 61.4 Å². The Kier molecular flexibility index (Phi) is 8.12. The molecule has 0 unspecified atom stereocenters. The van der Waals surface area contributed by atoms with Crippen molar-refractivity contribution in [2.75, 3.05) is 6.61 Å². The highest BCUT2D eigenvalue weighted by molar-refractivity contribution is 9.10. The first-order valence-electron chi connectivity index (χ1n) is 14.0. The summed E-state index contributed by atoms with van der Waals surface area (Å²) in [6.07, 6.45) is 9.79. The molecule has 5 nitrogen and oxygen atoms in total. The minimum absolute atomic E-state index is 0.0561. The quantitative estimate of drug-likeness (QED) is 0.196. The molecular weight excluding hydrogens is 582 g/mol. The molecule has 40 heavy (non-hydrogen) atoms. The number of aromatic nitrogens is 1. The second-order valence-electron chi connectivity index (χ2n) is 10.3. The summed E-state index contributed by atoms with van der Waals surface area (Å²) in [5.74, 6) is 0.880. The summed E-state index contributed by atoms with van der Waals surface area (Å²) in [7, 11) is 0. The van der Waals surface area contributed by atoms with Gasteiger partial charge in [-0.15, -0.1) is 0 Å². The maximum absolute atomic E-state index is 14.0. The summed E-state index contributed by atoms with van der Waals surface area (Å²) < 4.78 is 8.88. The van der Waals surface area contributed by atoms with Gasteiger partial charge in [0.05, 0.1) is 17.2 Å². The van der Waals surface area contributed by atoms with Crippen LogP contribution in [0.15, 0.2) is 93.4 Å². The van der Waals surface area contributed by atoms with Crippen molar-refractivity contribution in [3.8, 4) is 5.75 Å². The van der Waals surface area contributed by atoms with E-state index in [-0.39, 0.29) is 11.9 Å². The summed E-state index contributed by atoms with van der Waals surface area (Å²) in [6, 6.07) is 24.8. The minimum Gasteiger partial charge on any atom is -0.494 e. The Morgan fingerprint density at radius 1 is 1.02 bits per heavy atom. The van der Waals surface area contributed by atoms with Crippen LogP contribution in [0.1, 0.15) is 50.2 Å². The van der Waals surface area contributed by atoms with Crippen molar-refractivity contribution in [3.63, 3.8) is 0 Å². The van der Waals surface area contributed by atoms with Gasteiger partial charge in [0.1, 0.15) is 5.75 Å². The average molecular weight is 615 g/mol. The first kappa shape index (κ1) is 26.9. The molecule has 0 spiro atoms. The zero-order valence-electron chi connectivity index (χ0n) is 22.6. The van der Waals surface area contributed by atoms with E-state index in [9.17, 15) is 4.79 Å². The highest BCUT2D eigenvalue weighted by Gasteiger charge is 2.38. The van der Waals surface area contributed by atoms with Gasteiger partial charge in [0, 0.05) is 39.7 Å². The number of amidine groups is 1. The molecule has 6 rings (SSSR count). The molecule has 1 saturated carbocycles. The average Bonchev–Trinajstić information content (AvgIpc) is 3.46.